The average molecular weight is 479 g/mol. The minimum absolute atomic E-state index is 0.0186. The van der Waals surface area contributed by atoms with Gasteiger partial charge >= 0.3 is 0 Å². The smallest absolute Gasteiger partial charge is 0.291 e. The lowest BCUT2D eigenvalue weighted by Gasteiger charge is -2.33. The molecule has 5 atom stereocenters. The minimum Gasteiger partial charge on any atom is -0.497 e. The van der Waals surface area contributed by atoms with E-state index in [4.69, 9.17) is 9.47 Å². The lowest BCUT2D eigenvalue weighted by Crippen LogP contribution is -3.19. The molecule has 2 aromatic rings. The van der Waals surface area contributed by atoms with E-state index < -0.39 is 34.1 Å². The van der Waals surface area contributed by atoms with E-state index in [2.05, 4.69) is 5.32 Å². The number of ether oxygens (including phenoxy) is 2. The van der Waals surface area contributed by atoms with E-state index in [1.54, 1.807) is 18.2 Å². The molecule has 6 rings (SSSR count). The Morgan fingerprint density at radius 3 is 2.63 bits per heavy atom. The van der Waals surface area contributed by atoms with Crippen molar-refractivity contribution in [3.8, 4) is 11.5 Å². The minimum atomic E-state index is -1.29. The molecule has 0 saturated carbocycles. The highest BCUT2D eigenvalue weighted by Gasteiger charge is 2.78. The van der Waals surface area contributed by atoms with Crippen LogP contribution in [0.4, 0.5) is 17.1 Å². The summed E-state index contributed by atoms with van der Waals surface area (Å²) in [4.78, 5) is 54.5. The number of quaternary nitrogens is 1. The number of nitrogens with zero attached hydrogens (tertiary/aromatic N) is 2. The van der Waals surface area contributed by atoms with Crippen LogP contribution in [-0.4, -0.2) is 49.5 Å². The molecule has 1 unspecified atom stereocenters. The van der Waals surface area contributed by atoms with Crippen molar-refractivity contribution < 1.29 is 33.7 Å². The van der Waals surface area contributed by atoms with E-state index in [-0.39, 0.29) is 29.1 Å². The summed E-state index contributed by atoms with van der Waals surface area (Å²) in [6.45, 7) is 0.655. The number of fused-ring (bicyclic) bond motifs is 7. The lowest BCUT2D eigenvalue weighted by molar-refractivity contribution is -0.948. The Morgan fingerprint density at radius 2 is 1.91 bits per heavy atom. The summed E-state index contributed by atoms with van der Waals surface area (Å²) in [7, 11) is 2.90. The number of carbonyl (C=O) groups excluding carboxylic acids is 3. The molecule has 0 aliphatic carbocycles. The van der Waals surface area contributed by atoms with Crippen LogP contribution in [0.25, 0.3) is 0 Å². The predicted octanol–water partition coefficient (Wildman–Crippen LogP) is 0.626. The van der Waals surface area contributed by atoms with Gasteiger partial charge in [-0.15, -0.1) is 0 Å². The first kappa shape index (κ1) is 21.5. The summed E-state index contributed by atoms with van der Waals surface area (Å²) >= 11 is 0. The molecule has 1 spiro atoms. The second-order valence-corrected chi connectivity index (χ2v) is 9.33. The molecule has 3 fully saturated rings. The molecule has 0 aromatic heterocycles. The van der Waals surface area contributed by atoms with Crippen molar-refractivity contribution in [3.63, 3.8) is 0 Å². The van der Waals surface area contributed by atoms with Gasteiger partial charge in [0.15, 0.2) is 0 Å². The number of hydrogen-bond donors (Lipinski definition) is 2. The predicted molar refractivity (Wildman–Crippen MR) is 121 cm³/mol. The quantitative estimate of drug-likeness (QED) is 0.373. The fourth-order valence-corrected chi connectivity index (χ4v) is 6.77. The molecule has 3 amide bonds. The van der Waals surface area contributed by atoms with Gasteiger partial charge in [0.2, 0.25) is 17.4 Å². The van der Waals surface area contributed by atoms with E-state index in [9.17, 15) is 24.5 Å². The Kier molecular flexibility index (Phi) is 4.46. The maximum atomic E-state index is 14.1. The first-order chi connectivity index (χ1) is 16.8. The number of non-ortho nitro benzene ring substituents is 1. The number of imide groups is 1. The standard InChI is InChI=1S/C24H22N4O7/c1-34-13-6-7-15-14(11-13)24(23(31)25-15)20-19(16-4-3-9-26(16)24)21(29)27(22(20)30)17-10-12(28(32)33)5-8-18(17)35-2/h5-8,10-11,16,19-20H,3-4,9H2,1-2H3,(H,25,31)/p+1/t16-,19+,20-,24-/m0/s1. The SMILES string of the molecule is COc1ccc2c(c1)[C@@]1(C(=O)N2)[C@@H]2C(=O)N(c3cc([N+](=O)[O-])ccc3OC)C(=O)[C@@H]2[C@@H]2CCC[NH+]21. The molecule has 180 valence electrons. The van der Waals surface area contributed by atoms with Gasteiger partial charge in [0.1, 0.15) is 35.1 Å². The fourth-order valence-electron chi connectivity index (χ4n) is 6.77. The van der Waals surface area contributed by atoms with Gasteiger partial charge in [0.05, 0.1) is 36.9 Å². The van der Waals surface area contributed by atoms with Gasteiger partial charge < -0.3 is 19.7 Å². The molecule has 0 bridgehead atoms. The Hall–Kier alpha value is -3.99. The highest BCUT2D eigenvalue weighted by molar-refractivity contribution is 6.26. The normalized spacial score (nSPS) is 30.3. The highest BCUT2D eigenvalue weighted by Crippen LogP contribution is 2.53. The van der Waals surface area contributed by atoms with E-state index in [0.717, 1.165) is 16.2 Å². The molecular weight excluding hydrogens is 456 g/mol. The number of nitro groups is 1. The summed E-state index contributed by atoms with van der Waals surface area (Å²) < 4.78 is 10.8. The Morgan fingerprint density at radius 1 is 1.11 bits per heavy atom. The van der Waals surface area contributed by atoms with Crippen LogP contribution in [0.5, 0.6) is 11.5 Å². The summed E-state index contributed by atoms with van der Waals surface area (Å²) in [6, 6.07) is 8.83. The number of carbonyl (C=O) groups is 3. The maximum absolute atomic E-state index is 14.1. The Labute approximate surface area is 199 Å². The third kappa shape index (κ3) is 2.55. The van der Waals surface area contributed by atoms with Crippen LogP contribution in [0.2, 0.25) is 0 Å². The van der Waals surface area contributed by atoms with Crippen LogP contribution in [0.3, 0.4) is 0 Å². The number of nitro benzene ring substituents is 1. The molecule has 11 heteroatoms. The zero-order valence-electron chi connectivity index (χ0n) is 19.1. The van der Waals surface area contributed by atoms with Crippen LogP contribution < -0.4 is 24.6 Å². The molecule has 4 aliphatic heterocycles. The number of amides is 3. The molecule has 11 nitrogen and oxygen atoms in total. The van der Waals surface area contributed by atoms with Crippen LogP contribution in [0.15, 0.2) is 36.4 Å². The van der Waals surface area contributed by atoms with Crippen molar-refractivity contribution >= 4 is 34.8 Å². The third-order valence-electron chi connectivity index (χ3n) is 8.04. The van der Waals surface area contributed by atoms with Crippen LogP contribution in [0.1, 0.15) is 18.4 Å². The maximum Gasteiger partial charge on any atom is 0.291 e. The number of hydrogen-bond acceptors (Lipinski definition) is 7. The van der Waals surface area contributed by atoms with Crippen molar-refractivity contribution in [2.45, 2.75) is 24.4 Å². The van der Waals surface area contributed by atoms with Gasteiger partial charge in [0.25, 0.3) is 11.6 Å². The molecule has 2 N–H and O–H groups in total. The van der Waals surface area contributed by atoms with Crippen molar-refractivity contribution in [1.82, 2.24) is 0 Å². The molecule has 4 heterocycles. The largest absolute Gasteiger partial charge is 0.497 e. The van der Waals surface area contributed by atoms with Crippen LogP contribution in [0, 0.1) is 22.0 Å². The van der Waals surface area contributed by atoms with E-state index >= 15 is 0 Å². The van der Waals surface area contributed by atoms with Crippen molar-refractivity contribution in [2.75, 3.05) is 31.0 Å². The first-order valence-electron chi connectivity index (χ1n) is 11.4. The lowest BCUT2D eigenvalue weighted by atomic mass is 9.75. The number of rotatable bonds is 4. The zero-order chi connectivity index (χ0) is 24.6. The second kappa shape index (κ2) is 7.25. The van der Waals surface area contributed by atoms with Crippen molar-refractivity contribution in [1.29, 1.82) is 0 Å². The highest BCUT2D eigenvalue weighted by atomic mass is 16.6. The van der Waals surface area contributed by atoms with Crippen LogP contribution in [-0.2, 0) is 19.9 Å². The Balaban J connectivity index is 1.55. The van der Waals surface area contributed by atoms with Gasteiger partial charge in [-0.25, -0.2) is 4.90 Å². The average Bonchev–Trinajstić information content (AvgIpc) is 3.56. The molecule has 35 heavy (non-hydrogen) atoms. The van der Waals surface area contributed by atoms with Crippen molar-refractivity contribution in [2.24, 2.45) is 11.8 Å². The summed E-state index contributed by atoms with van der Waals surface area (Å²) in [5, 5.41) is 14.4. The number of anilines is 2. The van der Waals surface area contributed by atoms with E-state index in [1.807, 2.05) is 0 Å². The van der Waals surface area contributed by atoms with Gasteiger partial charge in [-0.05, 0) is 24.3 Å². The van der Waals surface area contributed by atoms with Crippen LogP contribution >= 0.6 is 0 Å². The van der Waals surface area contributed by atoms with Gasteiger partial charge in [-0.1, -0.05) is 0 Å². The fraction of sp³-hybridized carbons (Fsp3) is 0.375. The molecule has 2 aromatic carbocycles. The number of methoxy groups -OCH3 is 2. The summed E-state index contributed by atoms with van der Waals surface area (Å²) in [6.07, 6.45) is 1.52. The first-order valence-corrected chi connectivity index (χ1v) is 11.4. The van der Waals surface area contributed by atoms with Gasteiger partial charge in [-0.2, -0.15) is 0 Å². The van der Waals surface area contributed by atoms with Gasteiger partial charge in [-0.3, -0.25) is 24.5 Å². The monoisotopic (exact) mass is 479 g/mol. The molecule has 4 aliphatic rings. The van der Waals surface area contributed by atoms with Crippen molar-refractivity contribution in [3.05, 3.63) is 52.1 Å². The molecular formula is C24H23N4O7+. The van der Waals surface area contributed by atoms with E-state index in [0.29, 0.717) is 30.0 Å². The number of nitrogens with one attached hydrogen (secondary N) is 2. The molecule has 3 saturated heterocycles. The second-order valence-electron chi connectivity index (χ2n) is 9.33. The summed E-state index contributed by atoms with van der Waals surface area (Å²) in [5.41, 5.74) is -0.294. The van der Waals surface area contributed by atoms with Gasteiger partial charge in [0, 0.05) is 25.0 Å². The third-order valence-corrected chi connectivity index (χ3v) is 8.04. The van der Waals surface area contributed by atoms with E-state index in [1.165, 1.54) is 32.4 Å². The summed E-state index contributed by atoms with van der Waals surface area (Å²) in [5.74, 6) is -2.29. The number of benzene rings is 2. The Bertz CT molecular complexity index is 1330. The topological polar surface area (TPSA) is 133 Å². The molecule has 0 radical (unpaired) electrons. The zero-order valence-corrected chi connectivity index (χ0v) is 19.1.